The third-order valence-electron chi connectivity index (χ3n) is 5.99. The molecule has 1 N–H and O–H groups in total. The summed E-state index contributed by atoms with van der Waals surface area (Å²) in [4.78, 5) is 40.8. The van der Waals surface area contributed by atoms with Crippen molar-refractivity contribution in [3.8, 4) is 11.1 Å². The molecule has 6 nitrogen and oxygen atoms in total. The Morgan fingerprint density at radius 1 is 1.06 bits per heavy atom. The molecule has 2 aromatic carbocycles. The first kappa shape index (κ1) is 24.5. The van der Waals surface area contributed by atoms with Crippen molar-refractivity contribution >= 4 is 23.5 Å². The molecule has 0 aliphatic carbocycles. The van der Waals surface area contributed by atoms with E-state index in [1.807, 2.05) is 69.3 Å². The van der Waals surface area contributed by atoms with E-state index in [4.69, 9.17) is 4.74 Å². The molecule has 0 radical (unpaired) electrons. The molecule has 0 saturated carbocycles. The molecule has 2 amide bonds. The summed E-state index contributed by atoms with van der Waals surface area (Å²) >= 11 is 0. The minimum absolute atomic E-state index is 0.00630. The first-order valence-electron chi connectivity index (χ1n) is 11.7. The molecule has 2 atom stereocenters. The molecule has 2 unspecified atom stereocenters. The number of likely N-dealkylation sites (N-methyl/N-ethyl adjacent to an activating group) is 1. The van der Waals surface area contributed by atoms with Crippen LogP contribution in [0, 0.1) is 11.8 Å². The number of hydrogen-bond acceptors (Lipinski definition) is 4. The highest BCUT2D eigenvalue weighted by molar-refractivity contribution is 6.06. The van der Waals surface area contributed by atoms with Gasteiger partial charge in [0.2, 0.25) is 5.91 Å². The molecular weight excluding hydrogens is 416 g/mol. The van der Waals surface area contributed by atoms with Crippen molar-refractivity contribution in [2.75, 3.05) is 18.6 Å². The predicted octanol–water partition coefficient (Wildman–Crippen LogP) is 4.88. The Labute approximate surface area is 196 Å². The fourth-order valence-electron chi connectivity index (χ4n) is 4.28. The van der Waals surface area contributed by atoms with Crippen LogP contribution in [0.15, 0.2) is 48.5 Å². The van der Waals surface area contributed by atoms with Gasteiger partial charge < -0.3 is 15.0 Å². The lowest BCUT2D eigenvalue weighted by atomic mass is 9.91. The lowest BCUT2D eigenvalue weighted by Gasteiger charge is -2.25. The molecule has 1 aliphatic heterocycles. The van der Waals surface area contributed by atoms with Gasteiger partial charge in [0, 0.05) is 18.5 Å². The summed E-state index contributed by atoms with van der Waals surface area (Å²) < 4.78 is 5.30. The Hall–Kier alpha value is -3.15. The number of para-hydroxylation sites is 1. The monoisotopic (exact) mass is 450 g/mol. The third kappa shape index (κ3) is 5.81. The molecule has 1 aliphatic rings. The van der Waals surface area contributed by atoms with Crippen LogP contribution < -0.4 is 10.2 Å². The van der Waals surface area contributed by atoms with E-state index >= 15 is 0 Å². The van der Waals surface area contributed by atoms with Gasteiger partial charge in [-0.3, -0.25) is 14.4 Å². The number of nitrogens with one attached hydrogen (secondary N) is 1. The van der Waals surface area contributed by atoms with Gasteiger partial charge in [-0.15, -0.1) is 0 Å². The molecule has 2 aromatic rings. The second-order valence-corrected chi connectivity index (χ2v) is 9.05. The number of unbranched alkanes of at least 4 members (excludes halogenated alkanes) is 1. The van der Waals surface area contributed by atoms with Crippen molar-refractivity contribution in [2.45, 2.75) is 52.5 Å². The topological polar surface area (TPSA) is 75.7 Å². The highest BCUT2D eigenvalue weighted by atomic mass is 16.5. The van der Waals surface area contributed by atoms with Gasteiger partial charge in [0.05, 0.1) is 18.7 Å². The average molecular weight is 451 g/mol. The number of hydrogen-bond donors (Lipinski definition) is 1. The maximum absolute atomic E-state index is 13.5. The number of fused-ring (bicyclic) bond motifs is 3. The number of nitrogens with zero attached hydrogens (tertiary/aromatic N) is 1. The Bertz CT molecular complexity index is 1000. The number of carbonyl (C=O) groups is 3. The first-order chi connectivity index (χ1) is 15.8. The summed E-state index contributed by atoms with van der Waals surface area (Å²) in [6, 6.07) is 14.5. The zero-order valence-corrected chi connectivity index (χ0v) is 20.0. The van der Waals surface area contributed by atoms with E-state index in [1.165, 1.54) is 0 Å². The fraction of sp³-hybridized carbons (Fsp3) is 0.444. The van der Waals surface area contributed by atoms with Crippen LogP contribution in [0.1, 0.15) is 58.1 Å². The van der Waals surface area contributed by atoms with Gasteiger partial charge in [-0.2, -0.15) is 0 Å². The molecule has 6 heteroatoms. The third-order valence-corrected chi connectivity index (χ3v) is 5.99. The van der Waals surface area contributed by atoms with Gasteiger partial charge >= 0.3 is 5.97 Å². The molecule has 0 bridgehead atoms. The summed E-state index contributed by atoms with van der Waals surface area (Å²) in [6.45, 7) is 6.42. The molecule has 0 saturated heterocycles. The smallest absolute Gasteiger partial charge is 0.306 e. The van der Waals surface area contributed by atoms with E-state index < -0.39 is 12.0 Å². The molecule has 0 fully saturated rings. The van der Waals surface area contributed by atoms with E-state index in [2.05, 4.69) is 5.32 Å². The lowest BCUT2D eigenvalue weighted by molar-refractivity contribution is -0.147. The Balaban J connectivity index is 1.87. The molecule has 3 rings (SSSR count). The molecule has 0 aromatic heterocycles. The second kappa shape index (κ2) is 11.1. The standard InChI is InChI=1S/C27H34N2O4/c1-5-6-15-33-24(30)17-19(16-18(2)3)26(31)28-25-22-13-8-7-11-20(22)21-12-9-10-14-23(21)29(4)27(25)32/h7-14,18-19,25H,5-6,15-17H2,1-4H3,(H,28,31). The van der Waals surface area contributed by atoms with Crippen LogP contribution in [0.25, 0.3) is 11.1 Å². The second-order valence-electron chi connectivity index (χ2n) is 9.05. The van der Waals surface area contributed by atoms with Gasteiger partial charge in [0.25, 0.3) is 5.91 Å². The summed E-state index contributed by atoms with van der Waals surface area (Å²) in [5, 5.41) is 2.97. The van der Waals surface area contributed by atoms with Gasteiger partial charge in [0.15, 0.2) is 0 Å². The Morgan fingerprint density at radius 2 is 1.73 bits per heavy atom. The maximum atomic E-state index is 13.5. The van der Waals surface area contributed by atoms with E-state index in [1.54, 1.807) is 11.9 Å². The molecule has 33 heavy (non-hydrogen) atoms. The number of ether oxygens (including phenoxy) is 1. The van der Waals surface area contributed by atoms with Crippen LogP contribution in [0.4, 0.5) is 5.69 Å². The van der Waals surface area contributed by atoms with Crippen LogP contribution in [0.3, 0.4) is 0 Å². The number of rotatable bonds is 9. The number of amides is 2. The van der Waals surface area contributed by atoms with Crippen molar-refractivity contribution in [3.63, 3.8) is 0 Å². The highest BCUT2D eigenvalue weighted by Crippen LogP contribution is 2.39. The first-order valence-corrected chi connectivity index (χ1v) is 11.7. The van der Waals surface area contributed by atoms with E-state index in [9.17, 15) is 14.4 Å². The van der Waals surface area contributed by atoms with E-state index in [-0.39, 0.29) is 30.1 Å². The van der Waals surface area contributed by atoms with Crippen molar-refractivity contribution in [3.05, 3.63) is 54.1 Å². The lowest BCUT2D eigenvalue weighted by Crippen LogP contribution is -2.43. The molecule has 0 spiro atoms. The van der Waals surface area contributed by atoms with Gasteiger partial charge in [-0.25, -0.2) is 0 Å². The van der Waals surface area contributed by atoms with Gasteiger partial charge in [0.1, 0.15) is 6.04 Å². The van der Waals surface area contributed by atoms with Crippen LogP contribution in [0.5, 0.6) is 0 Å². The van der Waals surface area contributed by atoms with Crippen molar-refractivity contribution < 1.29 is 19.1 Å². The van der Waals surface area contributed by atoms with Crippen LogP contribution in [-0.2, 0) is 19.1 Å². The number of carbonyl (C=O) groups excluding carboxylic acids is 3. The summed E-state index contributed by atoms with van der Waals surface area (Å²) in [6.07, 6.45) is 2.27. The maximum Gasteiger partial charge on any atom is 0.306 e. The van der Waals surface area contributed by atoms with Crippen molar-refractivity contribution in [1.29, 1.82) is 0 Å². The van der Waals surface area contributed by atoms with Crippen molar-refractivity contribution in [2.24, 2.45) is 11.8 Å². The molecule has 176 valence electrons. The van der Waals surface area contributed by atoms with Crippen molar-refractivity contribution in [1.82, 2.24) is 5.32 Å². The molecular formula is C27H34N2O4. The van der Waals surface area contributed by atoms with Crippen LogP contribution in [-0.4, -0.2) is 31.4 Å². The molecule has 1 heterocycles. The zero-order chi connectivity index (χ0) is 24.0. The van der Waals surface area contributed by atoms with Crippen LogP contribution >= 0.6 is 0 Å². The Kier molecular flexibility index (Phi) is 8.26. The Morgan fingerprint density at radius 3 is 2.42 bits per heavy atom. The number of anilines is 1. The zero-order valence-electron chi connectivity index (χ0n) is 20.0. The highest BCUT2D eigenvalue weighted by Gasteiger charge is 2.35. The number of benzene rings is 2. The minimum atomic E-state index is -0.836. The van der Waals surface area contributed by atoms with Crippen LogP contribution in [0.2, 0.25) is 0 Å². The van der Waals surface area contributed by atoms with Gasteiger partial charge in [-0.05, 0) is 36.0 Å². The number of esters is 1. The average Bonchev–Trinajstić information content (AvgIpc) is 2.88. The van der Waals surface area contributed by atoms with E-state index in [0.717, 1.165) is 35.2 Å². The summed E-state index contributed by atoms with van der Waals surface area (Å²) in [5.74, 6) is -1.23. The predicted molar refractivity (Wildman–Crippen MR) is 130 cm³/mol. The largest absolute Gasteiger partial charge is 0.466 e. The SMILES string of the molecule is CCCCOC(=O)CC(CC(C)C)C(=O)NC1C(=O)N(C)c2ccccc2-c2ccccc21. The fourth-order valence-corrected chi connectivity index (χ4v) is 4.28. The quantitative estimate of drug-likeness (QED) is 0.436. The summed E-state index contributed by atoms with van der Waals surface area (Å²) in [5.41, 5.74) is 3.40. The summed E-state index contributed by atoms with van der Waals surface area (Å²) in [7, 11) is 1.73. The minimum Gasteiger partial charge on any atom is -0.466 e. The normalized spacial score (nSPS) is 16.0. The van der Waals surface area contributed by atoms with E-state index in [0.29, 0.717) is 13.0 Å². The van der Waals surface area contributed by atoms with Gasteiger partial charge in [-0.1, -0.05) is 69.7 Å².